The zero-order valence-electron chi connectivity index (χ0n) is 14.7. The number of carbonyl (C=O) groups is 2. The highest BCUT2D eigenvalue weighted by Crippen LogP contribution is 2.27. The lowest BCUT2D eigenvalue weighted by Crippen LogP contribution is -2.41. The lowest BCUT2D eigenvalue weighted by atomic mass is 9.81. The molecule has 0 unspecified atom stereocenters. The molecule has 0 aromatic carbocycles. The Morgan fingerprint density at radius 1 is 1.38 bits per heavy atom. The lowest BCUT2D eigenvalue weighted by molar-refractivity contribution is -0.132. The maximum Gasteiger partial charge on any atom is 0.376 e. The summed E-state index contributed by atoms with van der Waals surface area (Å²) in [6.45, 7) is 7.28. The summed E-state index contributed by atoms with van der Waals surface area (Å²) in [4.78, 5) is 25.7. The molecular weight excluding hydrogens is 310 g/mol. The van der Waals surface area contributed by atoms with Gasteiger partial charge in [0.15, 0.2) is 0 Å². The zero-order valence-corrected chi connectivity index (χ0v) is 14.7. The second kappa shape index (κ2) is 8.82. The van der Waals surface area contributed by atoms with E-state index in [1.165, 1.54) is 7.11 Å². The number of hydrogen-bond acceptors (Lipinski definition) is 6. The Bertz CT molecular complexity index is 554. The summed E-state index contributed by atoms with van der Waals surface area (Å²) in [5.74, 6) is 0.426. The number of aromatic nitrogens is 1. The fourth-order valence-electron chi connectivity index (χ4n) is 3.29. The van der Waals surface area contributed by atoms with Gasteiger partial charge in [0, 0.05) is 25.6 Å². The van der Waals surface area contributed by atoms with Crippen molar-refractivity contribution in [1.29, 1.82) is 0 Å². The van der Waals surface area contributed by atoms with Gasteiger partial charge in [-0.1, -0.05) is 5.16 Å². The van der Waals surface area contributed by atoms with Crippen molar-refractivity contribution in [2.45, 2.75) is 33.1 Å². The van der Waals surface area contributed by atoms with Crippen molar-refractivity contribution in [2.75, 3.05) is 33.3 Å². The van der Waals surface area contributed by atoms with Gasteiger partial charge in [-0.25, -0.2) is 4.79 Å². The summed E-state index contributed by atoms with van der Waals surface area (Å²) in [5, 5.41) is 7.34. The van der Waals surface area contributed by atoms with Crippen LogP contribution >= 0.6 is 0 Å². The number of esters is 1. The second-order valence-electron chi connectivity index (χ2n) is 6.16. The Morgan fingerprint density at radius 3 is 2.79 bits per heavy atom. The van der Waals surface area contributed by atoms with Crippen LogP contribution in [0, 0.1) is 11.8 Å². The van der Waals surface area contributed by atoms with Crippen LogP contribution in [-0.4, -0.2) is 55.2 Å². The summed E-state index contributed by atoms with van der Waals surface area (Å²) in [6.07, 6.45) is 2.22. The maximum atomic E-state index is 12.4. The van der Waals surface area contributed by atoms with Crippen LogP contribution in [0.3, 0.4) is 0 Å². The molecule has 0 radical (unpaired) electrons. The fourth-order valence-corrected chi connectivity index (χ4v) is 3.29. The van der Waals surface area contributed by atoms with Gasteiger partial charge >= 0.3 is 5.97 Å². The average Bonchev–Trinajstić information content (AvgIpc) is 3.05. The standard InChI is InChI=1S/C17H27N3O4/c1-4-20(5-2)16(21)9-12-6-7-18-11-13(12)8-14-10-15(24-19-14)17(22)23-3/h10,12-13,18H,4-9,11H2,1-3H3/t12-,13+/m1/s1. The quantitative estimate of drug-likeness (QED) is 0.759. The molecule has 0 bridgehead atoms. The van der Waals surface area contributed by atoms with Crippen LogP contribution < -0.4 is 5.32 Å². The molecule has 1 amide bonds. The molecule has 0 aliphatic carbocycles. The Hall–Kier alpha value is -1.89. The molecule has 2 atom stereocenters. The average molecular weight is 337 g/mol. The number of rotatable bonds is 7. The summed E-state index contributed by atoms with van der Waals surface area (Å²) in [7, 11) is 1.31. The molecule has 7 heteroatoms. The third-order valence-corrected chi connectivity index (χ3v) is 4.73. The Morgan fingerprint density at radius 2 is 2.12 bits per heavy atom. The second-order valence-corrected chi connectivity index (χ2v) is 6.16. The fraction of sp³-hybridized carbons (Fsp3) is 0.706. The van der Waals surface area contributed by atoms with Gasteiger partial charge in [0.25, 0.3) is 0 Å². The van der Waals surface area contributed by atoms with E-state index < -0.39 is 5.97 Å². The molecule has 0 spiro atoms. The van der Waals surface area contributed by atoms with Gasteiger partial charge in [-0.15, -0.1) is 0 Å². The van der Waals surface area contributed by atoms with Crippen molar-refractivity contribution in [3.63, 3.8) is 0 Å². The first-order valence-corrected chi connectivity index (χ1v) is 8.61. The lowest BCUT2D eigenvalue weighted by Gasteiger charge is -2.32. The van der Waals surface area contributed by atoms with Gasteiger partial charge in [-0.3, -0.25) is 4.79 Å². The summed E-state index contributed by atoms with van der Waals surface area (Å²) >= 11 is 0. The number of hydrogen-bond donors (Lipinski definition) is 1. The van der Waals surface area contributed by atoms with Crippen molar-refractivity contribution in [2.24, 2.45) is 11.8 Å². The molecule has 134 valence electrons. The van der Waals surface area contributed by atoms with E-state index in [2.05, 4.69) is 15.2 Å². The third kappa shape index (κ3) is 4.56. The Kier molecular flexibility index (Phi) is 6.78. The topological polar surface area (TPSA) is 84.7 Å². The number of amides is 1. The molecule has 1 aliphatic heterocycles. The highest BCUT2D eigenvalue weighted by atomic mass is 16.5. The third-order valence-electron chi connectivity index (χ3n) is 4.73. The van der Waals surface area contributed by atoms with E-state index in [1.54, 1.807) is 6.07 Å². The number of nitrogens with one attached hydrogen (secondary N) is 1. The minimum absolute atomic E-state index is 0.118. The monoisotopic (exact) mass is 337 g/mol. The molecule has 24 heavy (non-hydrogen) atoms. The molecule has 2 rings (SSSR count). The van der Waals surface area contributed by atoms with Crippen LogP contribution in [0.4, 0.5) is 0 Å². The maximum absolute atomic E-state index is 12.4. The van der Waals surface area contributed by atoms with Crippen LogP contribution in [0.2, 0.25) is 0 Å². The number of nitrogens with zero attached hydrogens (tertiary/aromatic N) is 2. The number of carbonyl (C=O) groups excluding carboxylic acids is 2. The minimum atomic E-state index is -0.524. The molecule has 1 saturated heterocycles. The van der Waals surface area contributed by atoms with Gasteiger partial charge in [0.05, 0.1) is 12.8 Å². The van der Waals surface area contributed by atoms with Crippen molar-refractivity contribution >= 4 is 11.9 Å². The molecule has 0 saturated carbocycles. The van der Waals surface area contributed by atoms with E-state index in [0.29, 0.717) is 24.7 Å². The van der Waals surface area contributed by atoms with Crippen LogP contribution in [0.5, 0.6) is 0 Å². The highest BCUT2D eigenvalue weighted by Gasteiger charge is 2.29. The predicted molar refractivity (Wildman–Crippen MR) is 88.6 cm³/mol. The summed E-state index contributed by atoms with van der Waals surface area (Å²) in [5.41, 5.74) is 0.726. The Labute approximate surface area is 142 Å². The van der Waals surface area contributed by atoms with Crippen LogP contribution in [0.25, 0.3) is 0 Å². The van der Waals surface area contributed by atoms with E-state index in [4.69, 9.17) is 4.52 Å². The summed E-state index contributed by atoms with van der Waals surface area (Å²) in [6, 6.07) is 1.63. The number of piperidine rings is 1. The van der Waals surface area contributed by atoms with Crippen molar-refractivity contribution in [3.8, 4) is 0 Å². The molecule has 2 heterocycles. The highest BCUT2D eigenvalue weighted by molar-refractivity contribution is 5.86. The zero-order chi connectivity index (χ0) is 17.5. The molecule has 1 aromatic heterocycles. The normalized spacial score (nSPS) is 20.6. The molecular formula is C17H27N3O4. The number of methoxy groups -OCH3 is 1. The van der Waals surface area contributed by atoms with Gasteiger partial charge in [-0.05, 0) is 51.6 Å². The van der Waals surface area contributed by atoms with Crippen LogP contribution in [-0.2, 0) is 16.0 Å². The van der Waals surface area contributed by atoms with E-state index in [-0.39, 0.29) is 11.7 Å². The first-order valence-electron chi connectivity index (χ1n) is 8.61. The molecule has 7 nitrogen and oxygen atoms in total. The van der Waals surface area contributed by atoms with Crippen molar-refractivity contribution < 1.29 is 18.8 Å². The minimum Gasteiger partial charge on any atom is -0.463 e. The molecule has 1 aromatic rings. The van der Waals surface area contributed by atoms with E-state index in [0.717, 1.165) is 38.3 Å². The van der Waals surface area contributed by atoms with Crippen molar-refractivity contribution in [1.82, 2.24) is 15.4 Å². The van der Waals surface area contributed by atoms with Gasteiger partial charge in [-0.2, -0.15) is 0 Å². The van der Waals surface area contributed by atoms with Gasteiger partial charge < -0.3 is 19.5 Å². The molecule has 1 aliphatic rings. The van der Waals surface area contributed by atoms with Gasteiger partial charge in [0.1, 0.15) is 0 Å². The van der Waals surface area contributed by atoms with Gasteiger partial charge in [0.2, 0.25) is 11.7 Å². The smallest absolute Gasteiger partial charge is 0.376 e. The van der Waals surface area contributed by atoms with E-state index >= 15 is 0 Å². The molecule has 1 N–H and O–H groups in total. The number of ether oxygens (including phenoxy) is 1. The SMILES string of the molecule is CCN(CC)C(=O)C[C@H]1CCNC[C@@H]1Cc1cc(C(=O)OC)on1. The van der Waals surface area contributed by atoms with Crippen LogP contribution in [0.15, 0.2) is 10.6 Å². The first-order chi connectivity index (χ1) is 11.6. The van der Waals surface area contributed by atoms with Crippen LogP contribution in [0.1, 0.15) is 42.9 Å². The Balaban J connectivity index is 2.00. The van der Waals surface area contributed by atoms with E-state index in [9.17, 15) is 9.59 Å². The predicted octanol–water partition coefficient (Wildman–Crippen LogP) is 1.49. The van der Waals surface area contributed by atoms with E-state index in [1.807, 2.05) is 18.7 Å². The first kappa shape index (κ1) is 18.4. The summed E-state index contributed by atoms with van der Waals surface area (Å²) < 4.78 is 9.66. The van der Waals surface area contributed by atoms with Crippen molar-refractivity contribution in [3.05, 3.63) is 17.5 Å². The largest absolute Gasteiger partial charge is 0.463 e. The molecule has 1 fully saturated rings.